The zero-order chi connectivity index (χ0) is 22.7. The molecule has 0 radical (unpaired) electrons. The number of hydrogen-bond donors (Lipinski definition) is 1. The summed E-state index contributed by atoms with van der Waals surface area (Å²) in [5, 5.41) is 0. The van der Waals surface area contributed by atoms with E-state index in [1.807, 2.05) is 35.2 Å². The first kappa shape index (κ1) is 21.7. The Morgan fingerprint density at radius 3 is 2.48 bits per heavy atom. The number of amides is 1. The molecule has 2 fully saturated rings. The number of anilines is 1. The second-order valence-corrected chi connectivity index (χ2v) is 8.67. The van der Waals surface area contributed by atoms with Crippen molar-refractivity contribution in [2.75, 3.05) is 57.8 Å². The molecule has 1 amide bonds. The molecule has 0 unspecified atom stereocenters. The fourth-order valence-corrected chi connectivity index (χ4v) is 4.58. The summed E-state index contributed by atoms with van der Waals surface area (Å²) in [5.74, 6) is 1.73. The van der Waals surface area contributed by atoms with Crippen LogP contribution in [-0.4, -0.2) is 85.2 Å². The lowest BCUT2D eigenvalue weighted by Gasteiger charge is -2.39. The summed E-state index contributed by atoms with van der Waals surface area (Å²) in [7, 11) is 1.67. The maximum absolute atomic E-state index is 12.9. The van der Waals surface area contributed by atoms with Crippen molar-refractivity contribution in [2.45, 2.75) is 18.6 Å². The second-order valence-electron chi connectivity index (χ2n) is 8.67. The molecule has 2 aromatic rings. The summed E-state index contributed by atoms with van der Waals surface area (Å²) in [6.45, 7) is 5.16. The highest BCUT2D eigenvalue weighted by Crippen LogP contribution is 2.31. The fraction of sp³-hybridized carbons (Fsp3) is 0.458. The smallest absolute Gasteiger partial charge is 0.236 e. The summed E-state index contributed by atoms with van der Waals surface area (Å²) in [6, 6.07) is 13.8. The number of piperidine rings is 1. The van der Waals surface area contributed by atoms with Gasteiger partial charge in [0.15, 0.2) is 11.6 Å². The third-order valence-electron chi connectivity index (χ3n) is 6.63. The quantitative estimate of drug-likeness (QED) is 0.740. The summed E-state index contributed by atoms with van der Waals surface area (Å²) in [5.41, 5.74) is 4.33. The van der Waals surface area contributed by atoms with Crippen molar-refractivity contribution in [2.24, 2.45) is 4.99 Å². The van der Waals surface area contributed by atoms with Crippen molar-refractivity contribution in [3.8, 4) is 5.75 Å². The molecular formula is C24H30N6O3. The number of benzene rings is 1. The van der Waals surface area contributed by atoms with Crippen LogP contribution in [0.3, 0.4) is 0 Å². The average molecular weight is 451 g/mol. The molecule has 3 aliphatic rings. The van der Waals surface area contributed by atoms with E-state index in [1.54, 1.807) is 13.3 Å². The molecular weight excluding hydrogens is 420 g/mol. The third kappa shape index (κ3) is 4.79. The molecule has 1 aromatic heterocycles. The first-order valence-electron chi connectivity index (χ1n) is 11.5. The van der Waals surface area contributed by atoms with E-state index in [0.29, 0.717) is 12.4 Å². The molecule has 0 bridgehead atoms. The Morgan fingerprint density at radius 1 is 1.06 bits per heavy atom. The molecule has 2 saturated heterocycles. The van der Waals surface area contributed by atoms with E-state index in [9.17, 15) is 4.79 Å². The molecule has 1 spiro atoms. The normalized spacial score (nSPS) is 20.5. The summed E-state index contributed by atoms with van der Waals surface area (Å²) in [4.78, 5) is 34.4. The van der Waals surface area contributed by atoms with Gasteiger partial charge in [-0.2, -0.15) is 0 Å². The lowest BCUT2D eigenvalue weighted by Crippen LogP contribution is -2.53. The molecule has 0 atom stereocenters. The first-order chi connectivity index (χ1) is 16.1. The van der Waals surface area contributed by atoms with Gasteiger partial charge >= 0.3 is 0 Å². The highest BCUT2D eigenvalue weighted by atomic mass is 16.7. The number of pyridine rings is 1. The Hall–Kier alpha value is -3.17. The van der Waals surface area contributed by atoms with Crippen LogP contribution in [0.25, 0.3) is 0 Å². The Bertz CT molecular complexity index is 981. The van der Waals surface area contributed by atoms with Gasteiger partial charge in [0.2, 0.25) is 5.91 Å². The number of carbonyl (C=O) groups is 1. The van der Waals surface area contributed by atoms with Crippen LogP contribution in [0.4, 0.5) is 5.69 Å². The summed E-state index contributed by atoms with van der Waals surface area (Å²) >= 11 is 0. The van der Waals surface area contributed by atoms with Crippen LogP contribution >= 0.6 is 0 Å². The number of aromatic nitrogens is 1. The van der Waals surface area contributed by atoms with Crippen LogP contribution in [0.5, 0.6) is 5.75 Å². The molecule has 1 aromatic carbocycles. The molecule has 3 aliphatic heterocycles. The van der Waals surface area contributed by atoms with Gasteiger partial charge in [-0.1, -0.05) is 6.07 Å². The lowest BCUT2D eigenvalue weighted by atomic mass is 10.0. The summed E-state index contributed by atoms with van der Waals surface area (Å²) < 4.78 is 5.24. The minimum Gasteiger partial charge on any atom is -0.497 e. The number of ether oxygens (including phenoxy) is 1. The van der Waals surface area contributed by atoms with Crippen LogP contribution in [-0.2, 0) is 9.63 Å². The van der Waals surface area contributed by atoms with Crippen molar-refractivity contribution >= 4 is 17.4 Å². The van der Waals surface area contributed by atoms with Gasteiger partial charge in [-0.3, -0.25) is 14.7 Å². The number of aliphatic imine (C=N–C) groups is 1. The Kier molecular flexibility index (Phi) is 6.15. The van der Waals surface area contributed by atoms with Crippen LogP contribution in [0, 0.1) is 0 Å². The van der Waals surface area contributed by atoms with Crippen LogP contribution in [0.15, 0.2) is 53.7 Å². The topological polar surface area (TPSA) is 82.5 Å². The largest absolute Gasteiger partial charge is 0.497 e. The van der Waals surface area contributed by atoms with E-state index in [1.165, 1.54) is 5.69 Å². The fourth-order valence-electron chi connectivity index (χ4n) is 4.58. The lowest BCUT2D eigenvalue weighted by molar-refractivity contribution is -0.135. The zero-order valence-corrected chi connectivity index (χ0v) is 18.9. The van der Waals surface area contributed by atoms with Crippen molar-refractivity contribution < 1.29 is 14.4 Å². The average Bonchev–Trinajstić information content (AvgIpc) is 3.30. The second kappa shape index (κ2) is 9.36. The van der Waals surface area contributed by atoms with Crippen LogP contribution < -0.4 is 15.1 Å². The van der Waals surface area contributed by atoms with Crippen molar-refractivity contribution in [1.82, 2.24) is 20.3 Å². The highest BCUT2D eigenvalue weighted by molar-refractivity contribution is 5.97. The van der Waals surface area contributed by atoms with Crippen LogP contribution in [0.1, 0.15) is 18.5 Å². The number of rotatable bonds is 5. The van der Waals surface area contributed by atoms with E-state index < -0.39 is 5.72 Å². The number of nitrogens with zero attached hydrogens (tertiary/aromatic N) is 5. The molecule has 33 heavy (non-hydrogen) atoms. The number of amidine groups is 1. The minimum atomic E-state index is -0.559. The van der Waals surface area contributed by atoms with Crippen LogP contribution in [0.2, 0.25) is 0 Å². The predicted molar refractivity (Wildman–Crippen MR) is 125 cm³/mol. The van der Waals surface area contributed by atoms with Gasteiger partial charge in [-0.15, -0.1) is 0 Å². The number of hydroxylamine groups is 1. The predicted octanol–water partition coefficient (Wildman–Crippen LogP) is 1.51. The molecule has 5 rings (SSSR count). The Balaban J connectivity index is 1.09. The molecule has 9 nitrogen and oxygen atoms in total. The number of hydrogen-bond acceptors (Lipinski definition) is 8. The van der Waals surface area contributed by atoms with E-state index >= 15 is 0 Å². The minimum absolute atomic E-state index is 0.198. The number of likely N-dealkylation sites (tertiary alicyclic amines) is 1. The first-order valence-corrected chi connectivity index (χ1v) is 11.5. The van der Waals surface area contributed by atoms with Crippen molar-refractivity contribution in [3.05, 3.63) is 54.4 Å². The van der Waals surface area contributed by atoms with Gasteiger partial charge < -0.3 is 14.5 Å². The molecule has 9 heteroatoms. The zero-order valence-electron chi connectivity index (χ0n) is 18.9. The SMILES string of the molecule is COc1ccc(N2CCN(C(=O)CN3CCC4(CC3)N=C(c3ccccn3)NO4)CC2)cc1. The molecule has 1 N–H and O–H groups in total. The van der Waals surface area contributed by atoms with Gasteiger partial charge in [0.25, 0.3) is 0 Å². The Labute approximate surface area is 194 Å². The maximum Gasteiger partial charge on any atom is 0.236 e. The molecule has 174 valence electrons. The van der Waals surface area contributed by atoms with E-state index in [0.717, 1.165) is 63.6 Å². The van der Waals surface area contributed by atoms with Gasteiger partial charge in [0.1, 0.15) is 11.4 Å². The van der Waals surface area contributed by atoms with E-state index in [2.05, 4.69) is 32.4 Å². The third-order valence-corrected chi connectivity index (χ3v) is 6.63. The standard InChI is InChI=1S/C24H30N6O3/c1-32-20-7-5-19(6-8-20)29-14-16-30(17-15-29)22(31)18-28-12-9-24(10-13-28)26-23(27-33-24)21-4-2-3-11-25-21/h2-8,11H,9-10,12-18H2,1H3,(H,26,27). The molecule has 4 heterocycles. The van der Waals surface area contributed by atoms with Crippen molar-refractivity contribution in [1.29, 1.82) is 0 Å². The molecule has 0 aliphatic carbocycles. The highest BCUT2D eigenvalue weighted by Gasteiger charge is 2.41. The van der Waals surface area contributed by atoms with Gasteiger partial charge in [0, 0.05) is 64.0 Å². The Morgan fingerprint density at radius 2 is 1.82 bits per heavy atom. The van der Waals surface area contributed by atoms with E-state index in [4.69, 9.17) is 14.6 Å². The monoisotopic (exact) mass is 450 g/mol. The number of methoxy groups -OCH3 is 1. The maximum atomic E-state index is 12.9. The number of carbonyl (C=O) groups excluding carboxylic acids is 1. The van der Waals surface area contributed by atoms with Gasteiger partial charge in [-0.25, -0.2) is 15.3 Å². The van der Waals surface area contributed by atoms with Gasteiger partial charge in [0.05, 0.1) is 13.7 Å². The number of nitrogens with one attached hydrogen (secondary N) is 1. The number of piperazine rings is 1. The van der Waals surface area contributed by atoms with Gasteiger partial charge in [-0.05, 0) is 36.4 Å². The van der Waals surface area contributed by atoms with Crippen molar-refractivity contribution in [3.63, 3.8) is 0 Å². The molecule has 0 saturated carbocycles. The van der Waals surface area contributed by atoms with E-state index in [-0.39, 0.29) is 5.91 Å². The summed E-state index contributed by atoms with van der Waals surface area (Å²) in [6.07, 6.45) is 3.24.